The Kier molecular flexibility index (Phi) is 40.4. The fraction of sp³-hybridized carbons (Fsp3) is 0.872. The summed E-state index contributed by atoms with van der Waals surface area (Å²) in [5.41, 5.74) is 0. The minimum absolute atomic E-state index is 0.0227. The highest BCUT2D eigenvalue weighted by Crippen LogP contribution is 2.19. The maximum absolute atomic E-state index is 12.8. The topological polar surface area (TPSA) is 142 Å². The summed E-state index contributed by atoms with van der Waals surface area (Å²) in [6.45, 7) is 3.50. The fourth-order valence-electron chi connectivity index (χ4n) is 7.12. The van der Waals surface area contributed by atoms with Crippen LogP contribution in [0.4, 0.5) is 0 Å². The highest BCUT2D eigenvalue weighted by Gasteiger charge is 2.19. The van der Waals surface area contributed by atoms with Crippen LogP contribution in [0.5, 0.6) is 0 Å². The number of carbonyl (C=O) groups excluding carboxylic acids is 3. The van der Waals surface area contributed by atoms with E-state index >= 15 is 0 Å². The van der Waals surface area contributed by atoms with Crippen LogP contribution in [0.15, 0.2) is 12.2 Å². The number of allylic oxidation sites excluding steroid dienone is 2. The number of aliphatic hydroxyl groups excluding tert-OH is 1. The smallest absolute Gasteiger partial charge is 0.328 e. The van der Waals surface area contributed by atoms with E-state index < -0.39 is 24.5 Å². The van der Waals surface area contributed by atoms with E-state index in [0.717, 1.165) is 70.6 Å². The summed E-state index contributed by atoms with van der Waals surface area (Å²) in [5, 5.41) is 22.6. The molecule has 56 heavy (non-hydrogen) atoms. The molecule has 0 saturated heterocycles. The van der Waals surface area contributed by atoms with Crippen molar-refractivity contribution in [2.75, 3.05) is 13.2 Å². The molecule has 0 aromatic heterocycles. The standard InChI is InChI=1S/C47H88N2O7/c1-3-5-7-9-11-13-15-17-18-20-21-23-25-28-32-36-42(56-46(53)39-35-31-26-24-22-19-16-14-12-10-8-6-4-2)37-33-29-27-30-34-38-44(51)48-40-45(52)49-43(41-50)47(54)55/h20-21,42-43,50H,3-19,22-41H2,1-2H3,(H,48,51)(H,49,52)(H,54,55)/b21-20-. The van der Waals surface area contributed by atoms with Crippen LogP contribution in [0.1, 0.15) is 239 Å². The quantitative estimate of drug-likeness (QED) is 0.0273. The van der Waals surface area contributed by atoms with Crippen molar-refractivity contribution >= 4 is 23.8 Å². The van der Waals surface area contributed by atoms with Gasteiger partial charge in [-0.05, 0) is 64.2 Å². The maximum Gasteiger partial charge on any atom is 0.328 e. The van der Waals surface area contributed by atoms with E-state index in [0.29, 0.717) is 19.3 Å². The van der Waals surface area contributed by atoms with E-state index in [-0.39, 0.29) is 24.5 Å². The van der Waals surface area contributed by atoms with Crippen LogP contribution in [-0.4, -0.2) is 59.3 Å². The molecule has 2 unspecified atom stereocenters. The minimum atomic E-state index is -1.38. The fourth-order valence-corrected chi connectivity index (χ4v) is 7.12. The van der Waals surface area contributed by atoms with Crippen molar-refractivity contribution in [2.24, 2.45) is 0 Å². The zero-order valence-electron chi connectivity index (χ0n) is 36.4. The van der Waals surface area contributed by atoms with Crippen molar-refractivity contribution < 1.29 is 34.1 Å². The number of hydrogen-bond acceptors (Lipinski definition) is 6. The average Bonchev–Trinajstić information content (AvgIpc) is 3.18. The molecular weight excluding hydrogens is 705 g/mol. The van der Waals surface area contributed by atoms with E-state index in [2.05, 4.69) is 36.6 Å². The number of hydrogen-bond donors (Lipinski definition) is 4. The van der Waals surface area contributed by atoms with Crippen LogP contribution in [0.2, 0.25) is 0 Å². The molecule has 0 aromatic rings. The summed E-state index contributed by atoms with van der Waals surface area (Å²) in [4.78, 5) is 47.6. The highest BCUT2D eigenvalue weighted by molar-refractivity contribution is 5.87. The molecule has 0 heterocycles. The molecule has 0 aromatic carbocycles. The number of unbranched alkanes of at least 4 members (excludes halogenated alkanes) is 27. The van der Waals surface area contributed by atoms with E-state index in [1.807, 2.05) is 0 Å². The van der Waals surface area contributed by atoms with Gasteiger partial charge in [0.2, 0.25) is 11.8 Å². The first kappa shape index (κ1) is 53.6. The van der Waals surface area contributed by atoms with Gasteiger partial charge in [-0.15, -0.1) is 0 Å². The first-order chi connectivity index (χ1) is 27.3. The van der Waals surface area contributed by atoms with Gasteiger partial charge in [0, 0.05) is 12.8 Å². The van der Waals surface area contributed by atoms with Crippen LogP contribution in [0, 0.1) is 0 Å². The summed E-state index contributed by atoms with van der Waals surface area (Å²) in [7, 11) is 0. The SMILES string of the molecule is CCCCCCCCCC/C=C\CCCCCC(CCCCCCCC(=O)NCC(=O)NC(CO)C(=O)O)OC(=O)CCCCCCCCCCCCCCC. The number of carboxylic acid groups (broad SMARTS) is 1. The number of ether oxygens (including phenoxy) is 1. The second-order valence-corrected chi connectivity index (χ2v) is 16.2. The van der Waals surface area contributed by atoms with Gasteiger partial charge in [0.15, 0.2) is 0 Å². The van der Waals surface area contributed by atoms with E-state index in [9.17, 15) is 19.2 Å². The number of rotatable bonds is 43. The molecule has 0 radical (unpaired) electrons. The molecule has 0 aliphatic heterocycles. The molecule has 0 spiro atoms. The normalized spacial score (nSPS) is 12.5. The summed E-state index contributed by atoms with van der Waals surface area (Å²) < 4.78 is 6.04. The zero-order valence-corrected chi connectivity index (χ0v) is 36.4. The Bertz CT molecular complexity index is 957. The van der Waals surface area contributed by atoms with Gasteiger partial charge in [0.25, 0.3) is 0 Å². The van der Waals surface area contributed by atoms with Gasteiger partial charge in [0.1, 0.15) is 12.1 Å². The predicted octanol–water partition coefficient (Wildman–Crippen LogP) is 11.8. The Morgan fingerprint density at radius 1 is 0.518 bits per heavy atom. The molecule has 0 fully saturated rings. The lowest BCUT2D eigenvalue weighted by Gasteiger charge is -2.18. The molecule has 0 bridgehead atoms. The minimum Gasteiger partial charge on any atom is -0.480 e. The van der Waals surface area contributed by atoms with Crippen molar-refractivity contribution in [1.29, 1.82) is 0 Å². The third kappa shape index (κ3) is 38.5. The number of aliphatic carboxylic acids is 1. The van der Waals surface area contributed by atoms with Crippen molar-refractivity contribution in [1.82, 2.24) is 10.6 Å². The molecule has 0 aliphatic rings. The molecule has 2 atom stereocenters. The number of carboxylic acids is 1. The first-order valence-corrected chi connectivity index (χ1v) is 23.6. The van der Waals surface area contributed by atoms with Gasteiger partial charge in [-0.25, -0.2) is 4.79 Å². The monoisotopic (exact) mass is 793 g/mol. The molecule has 0 rings (SSSR count). The lowest BCUT2D eigenvalue weighted by Crippen LogP contribution is -2.47. The number of nitrogens with one attached hydrogen (secondary N) is 2. The zero-order chi connectivity index (χ0) is 41.2. The lowest BCUT2D eigenvalue weighted by molar-refractivity contribution is -0.150. The van der Waals surface area contributed by atoms with Gasteiger partial charge >= 0.3 is 11.9 Å². The molecular formula is C47H88N2O7. The van der Waals surface area contributed by atoms with Gasteiger partial charge in [-0.3, -0.25) is 14.4 Å². The summed E-state index contributed by atoms with van der Waals surface area (Å²) in [5.74, 6) is -2.29. The number of carbonyl (C=O) groups is 4. The Balaban J connectivity index is 4.33. The van der Waals surface area contributed by atoms with Crippen LogP contribution in [-0.2, 0) is 23.9 Å². The second-order valence-electron chi connectivity index (χ2n) is 16.2. The molecule has 0 aliphatic carbocycles. The molecule has 9 nitrogen and oxygen atoms in total. The molecule has 9 heteroatoms. The Labute approximate surface area is 343 Å². The van der Waals surface area contributed by atoms with Gasteiger partial charge in [-0.2, -0.15) is 0 Å². The van der Waals surface area contributed by atoms with Crippen LogP contribution < -0.4 is 10.6 Å². The predicted molar refractivity (Wildman–Crippen MR) is 232 cm³/mol. The highest BCUT2D eigenvalue weighted by atomic mass is 16.5. The van der Waals surface area contributed by atoms with Crippen molar-refractivity contribution in [3.63, 3.8) is 0 Å². The molecule has 328 valence electrons. The maximum atomic E-state index is 12.8. The van der Waals surface area contributed by atoms with Gasteiger partial charge in [-0.1, -0.05) is 174 Å². The first-order valence-electron chi connectivity index (χ1n) is 23.6. The summed E-state index contributed by atoms with van der Waals surface area (Å²) >= 11 is 0. The second kappa shape index (κ2) is 42.2. The number of amides is 2. The van der Waals surface area contributed by atoms with Crippen LogP contribution >= 0.6 is 0 Å². The average molecular weight is 793 g/mol. The van der Waals surface area contributed by atoms with E-state index in [1.165, 1.54) is 135 Å². The lowest BCUT2D eigenvalue weighted by atomic mass is 10.0. The Hall–Kier alpha value is -2.42. The van der Waals surface area contributed by atoms with Gasteiger partial charge < -0.3 is 25.6 Å². The Morgan fingerprint density at radius 3 is 1.36 bits per heavy atom. The molecule has 0 saturated carbocycles. The van der Waals surface area contributed by atoms with Crippen molar-refractivity contribution in [3.8, 4) is 0 Å². The summed E-state index contributed by atoms with van der Waals surface area (Å²) in [6, 6.07) is -1.38. The van der Waals surface area contributed by atoms with Crippen molar-refractivity contribution in [2.45, 2.75) is 251 Å². The third-order valence-electron chi connectivity index (χ3n) is 10.8. The largest absolute Gasteiger partial charge is 0.480 e. The Morgan fingerprint density at radius 2 is 0.911 bits per heavy atom. The number of aliphatic hydroxyl groups is 1. The third-order valence-corrected chi connectivity index (χ3v) is 10.8. The van der Waals surface area contributed by atoms with Crippen molar-refractivity contribution in [3.05, 3.63) is 12.2 Å². The van der Waals surface area contributed by atoms with E-state index in [4.69, 9.17) is 14.9 Å². The molecule has 4 N–H and O–H groups in total. The summed E-state index contributed by atoms with van der Waals surface area (Å²) in [6.07, 6.45) is 45.2. The molecule has 2 amide bonds. The van der Waals surface area contributed by atoms with Crippen LogP contribution in [0.3, 0.4) is 0 Å². The van der Waals surface area contributed by atoms with Crippen LogP contribution in [0.25, 0.3) is 0 Å². The number of esters is 1. The van der Waals surface area contributed by atoms with Gasteiger partial charge in [0.05, 0.1) is 13.2 Å². The van der Waals surface area contributed by atoms with E-state index in [1.54, 1.807) is 0 Å².